The van der Waals surface area contributed by atoms with E-state index in [-0.39, 0.29) is 24.0 Å². The zero-order chi connectivity index (χ0) is 18.6. The van der Waals surface area contributed by atoms with Crippen LogP contribution in [0.3, 0.4) is 0 Å². The molecule has 1 aromatic heterocycles. The molecule has 2 rings (SSSR count). The highest BCUT2D eigenvalue weighted by molar-refractivity contribution is 5.74. The van der Waals surface area contributed by atoms with Crippen LogP contribution in [0.1, 0.15) is 63.5 Å². The summed E-state index contributed by atoms with van der Waals surface area (Å²) in [6.45, 7) is 10.8. The first kappa shape index (κ1) is 19.0. The van der Waals surface area contributed by atoms with Crippen molar-refractivity contribution in [3.05, 3.63) is 47.1 Å². The molecule has 0 saturated carbocycles. The van der Waals surface area contributed by atoms with Crippen molar-refractivity contribution >= 4 is 6.03 Å². The molecule has 0 aliphatic rings. The predicted molar refractivity (Wildman–Crippen MR) is 97.2 cm³/mol. The summed E-state index contributed by atoms with van der Waals surface area (Å²) in [5.74, 6) is 1.09. The van der Waals surface area contributed by atoms with Crippen molar-refractivity contribution in [2.75, 3.05) is 7.05 Å². The Bertz CT molecular complexity index is 701. The molecule has 1 aromatic carbocycles. The number of hydrogen-bond acceptors (Lipinski definition) is 4. The lowest BCUT2D eigenvalue weighted by Gasteiger charge is -2.22. The lowest BCUT2D eigenvalue weighted by Crippen LogP contribution is -2.38. The van der Waals surface area contributed by atoms with Crippen LogP contribution in [0.5, 0.6) is 0 Å². The molecule has 2 aromatic rings. The van der Waals surface area contributed by atoms with Gasteiger partial charge in [-0.25, -0.2) is 4.79 Å². The highest BCUT2D eigenvalue weighted by Gasteiger charge is 2.17. The first-order valence-corrected chi connectivity index (χ1v) is 8.64. The smallest absolute Gasteiger partial charge is 0.318 e. The Morgan fingerprint density at radius 1 is 1.28 bits per heavy atom. The number of carbonyl (C=O) groups is 1. The summed E-state index contributed by atoms with van der Waals surface area (Å²) in [5, 5.41) is 6.83. The van der Waals surface area contributed by atoms with Gasteiger partial charge in [-0.15, -0.1) is 0 Å². The van der Waals surface area contributed by atoms with Crippen LogP contribution in [0.2, 0.25) is 0 Å². The minimum Gasteiger partial charge on any atom is -0.337 e. The molecule has 25 heavy (non-hydrogen) atoms. The molecule has 6 nitrogen and oxygen atoms in total. The van der Waals surface area contributed by atoms with E-state index in [4.69, 9.17) is 4.52 Å². The molecule has 0 spiro atoms. The maximum atomic E-state index is 12.4. The Hall–Kier alpha value is -2.37. The second-order valence-electron chi connectivity index (χ2n) is 7.36. The largest absolute Gasteiger partial charge is 0.337 e. The molecule has 0 fully saturated rings. The van der Waals surface area contributed by atoms with Crippen molar-refractivity contribution in [1.82, 2.24) is 20.4 Å². The fourth-order valence-corrected chi connectivity index (χ4v) is 2.42. The van der Waals surface area contributed by atoms with Crippen LogP contribution in [0.25, 0.3) is 0 Å². The Labute approximate surface area is 149 Å². The van der Waals surface area contributed by atoms with E-state index in [9.17, 15) is 4.79 Å². The standard InChI is InChI=1S/C19H28N4O2/c1-7-16-21-17(25-22-16)12-23(6)18(24)20-13(2)14-8-10-15(11-9-14)19(3,4)5/h8-11,13H,7,12H2,1-6H3,(H,20,24)/t13-/m0/s1. The molecule has 1 atom stereocenters. The van der Waals surface area contributed by atoms with Crippen molar-refractivity contribution in [3.63, 3.8) is 0 Å². The summed E-state index contributed by atoms with van der Waals surface area (Å²) >= 11 is 0. The monoisotopic (exact) mass is 344 g/mol. The summed E-state index contributed by atoms with van der Waals surface area (Å²) in [7, 11) is 1.71. The van der Waals surface area contributed by atoms with Gasteiger partial charge < -0.3 is 14.7 Å². The second kappa shape index (κ2) is 7.68. The third-order valence-electron chi connectivity index (χ3n) is 4.16. The molecule has 0 bridgehead atoms. The van der Waals surface area contributed by atoms with Crippen molar-refractivity contribution in [1.29, 1.82) is 0 Å². The first-order chi connectivity index (χ1) is 11.7. The summed E-state index contributed by atoms with van der Waals surface area (Å²) in [6.07, 6.45) is 0.709. The minimum absolute atomic E-state index is 0.0853. The van der Waals surface area contributed by atoms with E-state index in [1.165, 1.54) is 10.5 Å². The Morgan fingerprint density at radius 3 is 2.44 bits per heavy atom. The number of aromatic nitrogens is 2. The summed E-state index contributed by atoms with van der Waals surface area (Å²) in [6, 6.07) is 8.11. The van der Waals surface area contributed by atoms with E-state index in [2.05, 4.69) is 60.5 Å². The quantitative estimate of drug-likeness (QED) is 0.895. The zero-order valence-corrected chi connectivity index (χ0v) is 16.0. The van der Waals surface area contributed by atoms with Gasteiger partial charge in [0.1, 0.15) is 6.54 Å². The number of urea groups is 1. The van der Waals surface area contributed by atoms with E-state index in [1.807, 2.05) is 13.8 Å². The third-order valence-corrected chi connectivity index (χ3v) is 4.16. The van der Waals surface area contributed by atoms with Crippen LogP contribution >= 0.6 is 0 Å². The molecule has 0 unspecified atom stereocenters. The fraction of sp³-hybridized carbons (Fsp3) is 0.526. The molecular weight excluding hydrogens is 316 g/mol. The van der Waals surface area contributed by atoms with Gasteiger partial charge in [0, 0.05) is 13.5 Å². The maximum absolute atomic E-state index is 12.4. The Balaban J connectivity index is 1.94. The van der Waals surface area contributed by atoms with Crippen molar-refractivity contribution in [2.45, 2.75) is 59.0 Å². The number of amides is 2. The Kier molecular flexibility index (Phi) is 5.82. The molecule has 1 N–H and O–H groups in total. The average Bonchev–Trinajstić information content (AvgIpc) is 3.01. The molecule has 0 saturated heterocycles. The van der Waals surface area contributed by atoms with Gasteiger partial charge in [-0.3, -0.25) is 0 Å². The highest BCUT2D eigenvalue weighted by atomic mass is 16.5. The average molecular weight is 344 g/mol. The van der Waals surface area contributed by atoms with Gasteiger partial charge in [-0.2, -0.15) is 4.98 Å². The summed E-state index contributed by atoms with van der Waals surface area (Å²) in [5.41, 5.74) is 2.46. The van der Waals surface area contributed by atoms with Crippen LogP contribution in [-0.4, -0.2) is 28.1 Å². The number of benzene rings is 1. The fourth-order valence-electron chi connectivity index (χ4n) is 2.42. The molecule has 136 valence electrons. The second-order valence-corrected chi connectivity index (χ2v) is 7.36. The van der Waals surface area contributed by atoms with Crippen molar-refractivity contribution < 1.29 is 9.32 Å². The normalized spacial score (nSPS) is 12.7. The van der Waals surface area contributed by atoms with Gasteiger partial charge in [0.25, 0.3) is 0 Å². The van der Waals surface area contributed by atoms with Crippen molar-refractivity contribution in [3.8, 4) is 0 Å². The van der Waals surface area contributed by atoms with Crippen LogP contribution in [-0.2, 0) is 18.4 Å². The van der Waals surface area contributed by atoms with Crippen LogP contribution in [0.4, 0.5) is 4.79 Å². The first-order valence-electron chi connectivity index (χ1n) is 8.64. The number of nitrogens with one attached hydrogen (secondary N) is 1. The van der Waals surface area contributed by atoms with Gasteiger partial charge in [-0.1, -0.05) is 57.1 Å². The van der Waals surface area contributed by atoms with Gasteiger partial charge in [0.15, 0.2) is 5.82 Å². The molecule has 0 aliphatic heterocycles. The molecule has 6 heteroatoms. The van der Waals surface area contributed by atoms with Crippen molar-refractivity contribution in [2.24, 2.45) is 0 Å². The third kappa shape index (κ3) is 5.05. The molecule has 1 heterocycles. The topological polar surface area (TPSA) is 71.3 Å². The van der Waals surface area contributed by atoms with Crippen LogP contribution in [0, 0.1) is 0 Å². The molecular formula is C19H28N4O2. The summed E-state index contributed by atoms with van der Waals surface area (Å²) in [4.78, 5) is 18.1. The molecule has 2 amide bonds. The Morgan fingerprint density at radius 2 is 1.92 bits per heavy atom. The van der Waals surface area contributed by atoms with E-state index < -0.39 is 0 Å². The lowest BCUT2D eigenvalue weighted by molar-refractivity contribution is 0.196. The van der Waals surface area contributed by atoms with E-state index in [0.29, 0.717) is 18.1 Å². The summed E-state index contributed by atoms with van der Waals surface area (Å²) < 4.78 is 5.13. The van der Waals surface area contributed by atoms with Gasteiger partial charge in [0.2, 0.25) is 5.89 Å². The van der Waals surface area contributed by atoms with Gasteiger partial charge in [-0.05, 0) is 23.5 Å². The van der Waals surface area contributed by atoms with E-state index in [1.54, 1.807) is 7.05 Å². The minimum atomic E-state index is -0.177. The number of hydrogen-bond donors (Lipinski definition) is 1. The van der Waals surface area contributed by atoms with E-state index in [0.717, 1.165) is 5.56 Å². The maximum Gasteiger partial charge on any atom is 0.318 e. The van der Waals surface area contributed by atoms with E-state index >= 15 is 0 Å². The lowest BCUT2D eigenvalue weighted by atomic mass is 9.86. The van der Waals surface area contributed by atoms with Crippen LogP contribution < -0.4 is 5.32 Å². The predicted octanol–water partition coefficient (Wildman–Crippen LogP) is 3.83. The van der Waals surface area contributed by atoms with Gasteiger partial charge in [0.05, 0.1) is 6.04 Å². The van der Waals surface area contributed by atoms with Gasteiger partial charge >= 0.3 is 6.03 Å². The molecule has 0 aliphatic carbocycles. The highest BCUT2D eigenvalue weighted by Crippen LogP contribution is 2.24. The number of aryl methyl sites for hydroxylation is 1. The van der Waals surface area contributed by atoms with Crippen LogP contribution in [0.15, 0.2) is 28.8 Å². The number of nitrogens with zero attached hydrogens (tertiary/aromatic N) is 3. The number of carbonyl (C=O) groups excluding carboxylic acids is 1. The SMILES string of the molecule is CCc1noc(CN(C)C(=O)N[C@@H](C)c2ccc(C(C)(C)C)cc2)n1. The zero-order valence-electron chi connectivity index (χ0n) is 16.0. The number of rotatable bonds is 5. The molecule has 0 radical (unpaired) electrons.